The van der Waals surface area contributed by atoms with Crippen molar-refractivity contribution in [2.24, 2.45) is 0 Å². The molecule has 1 aliphatic heterocycles. The molecule has 5 rings (SSSR count). The van der Waals surface area contributed by atoms with Crippen molar-refractivity contribution in [2.45, 2.75) is 6.04 Å². The quantitative estimate of drug-likeness (QED) is 0.499. The number of anilines is 1. The molecule has 0 bridgehead atoms. The largest absolute Gasteiger partial charge is 0.450 e. The maximum Gasteiger partial charge on any atom is 0.297 e. The molecule has 3 heterocycles. The van der Waals surface area contributed by atoms with Crippen molar-refractivity contribution in [3.63, 3.8) is 0 Å². The number of aromatic nitrogens is 2. The monoisotopic (exact) mass is 407 g/mol. The standard InChI is InChI=1S/C21H11ClFN3O3/c22-11-6-7-15-13(10-11)18(27)16-17(12-4-1-2-5-14(12)23)26(20(28)19(16)29-15)21-24-8-3-9-25-21/h1-10,17H. The fourth-order valence-electron chi connectivity index (χ4n) is 3.56. The van der Waals surface area contributed by atoms with Gasteiger partial charge in [-0.05, 0) is 30.3 Å². The van der Waals surface area contributed by atoms with Crippen LogP contribution in [-0.2, 0) is 0 Å². The lowest BCUT2D eigenvalue weighted by molar-refractivity contribution is 0.0969. The second kappa shape index (κ2) is 6.49. The van der Waals surface area contributed by atoms with E-state index in [1.807, 2.05) is 0 Å². The van der Waals surface area contributed by atoms with E-state index < -0.39 is 23.2 Å². The van der Waals surface area contributed by atoms with Gasteiger partial charge in [0.05, 0.1) is 10.9 Å². The summed E-state index contributed by atoms with van der Waals surface area (Å²) in [5.41, 5.74) is -0.0681. The van der Waals surface area contributed by atoms with Gasteiger partial charge in [0.1, 0.15) is 17.4 Å². The Kier molecular flexibility index (Phi) is 3.92. The maximum absolute atomic E-state index is 14.7. The fraction of sp³-hybridized carbons (Fsp3) is 0.0476. The Morgan fingerprint density at radius 3 is 2.55 bits per heavy atom. The average Bonchev–Trinajstić information content (AvgIpc) is 3.02. The van der Waals surface area contributed by atoms with Crippen LogP contribution < -0.4 is 10.3 Å². The van der Waals surface area contributed by atoms with Crippen LogP contribution in [0.5, 0.6) is 0 Å². The Hall–Kier alpha value is -3.58. The number of carbonyl (C=O) groups excluding carboxylic acids is 1. The third-order valence-corrected chi connectivity index (χ3v) is 5.03. The van der Waals surface area contributed by atoms with Crippen LogP contribution in [0.15, 0.2) is 70.1 Å². The van der Waals surface area contributed by atoms with Crippen molar-refractivity contribution in [2.75, 3.05) is 4.90 Å². The highest BCUT2D eigenvalue weighted by molar-refractivity contribution is 6.31. The summed E-state index contributed by atoms with van der Waals surface area (Å²) < 4.78 is 20.5. The van der Waals surface area contributed by atoms with Crippen LogP contribution in [0.2, 0.25) is 5.02 Å². The number of carbonyl (C=O) groups is 1. The summed E-state index contributed by atoms with van der Waals surface area (Å²) in [6.07, 6.45) is 2.92. The molecule has 6 nitrogen and oxygen atoms in total. The lowest BCUT2D eigenvalue weighted by atomic mass is 9.98. The molecule has 0 N–H and O–H groups in total. The van der Waals surface area contributed by atoms with Crippen molar-refractivity contribution >= 4 is 34.4 Å². The second-order valence-corrected chi connectivity index (χ2v) is 6.90. The van der Waals surface area contributed by atoms with E-state index in [9.17, 15) is 14.0 Å². The first-order chi connectivity index (χ1) is 14.1. The summed E-state index contributed by atoms with van der Waals surface area (Å²) in [5, 5.41) is 0.556. The highest BCUT2D eigenvalue weighted by Crippen LogP contribution is 2.40. The molecular weight excluding hydrogens is 397 g/mol. The predicted molar refractivity (Wildman–Crippen MR) is 105 cm³/mol. The van der Waals surface area contributed by atoms with Gasteiger partial charge in [0, 0.05) is 23.0 Å². The van der Waals surface area contributed by atoms with E-state index >= 15 is 0 Å². The molecule has 1 unspecified atom stereocenters. The third kappa shape index (κ3) is 2.62. The van der Waals surface area contributed by atoms with Crippen molar-refractivity contribution in [1.82, 2.24) is 9.97 Å². The zero-order valence-electron chi connectivity index (χ0n) is 14.7. The van der Waals surface area contributed by atoms with Crippen molar-refractivity contribution in [3.05, 3.63) is 98.9 Å². The molecule has 1 aliphatic rings. The number of hydrogen-bond acceptors (Lipinski definition) is 5. The van der Waals surface area contributed by atoms with E-state index in [0.717, 1.165) is 0 Å². The average molecular weight is 408 g/mol. The molecule has 142 valence electrons. The van der Waals surface area contributed by atoms with Crippen LogP contribution in [0.3, 0.4) is 0 Å². The van der Waals surface area contributed by atoms with Gasteiger partial charge in [-0.3, -0.25) is 14.5 Å². The van der Waals surface area contributed by atoms with Gasteiger partial charge in [-0.1, -0.05) is 29.8 Å². The van der Waals surface area contributed by atoms with Gasteiger partial charge in [0.25, 0.3) is 5.91 Å². The number of rotatable bonds is 2. The maximum atomic E-state index is 14.7. The Morgan fingerprint density at radius 2 is 1.79 bits per heavy atom. The van der Waals surface area contributed by atoms with Gasteiger partial charge in [-0.15, -0.1) is 0 Å². The molecule has 0 saturated carbocycles. The molecule has 29 heavy (non-hydrogen) atoms. The van der Waals surface area contributed by atoms with E-state index in [2.05, 4.69) is 9.97 Å². The van der Waals surface area contributed by atoms with Gasteiger partial charge >= 0.3 is 0 Å². The zero-order valence-corrected chi connectivity index (χ0v) is 15.4. The Bertz CT molecular complexity index is 1340. The first kappa shape index (κ1) is 17.5. The zero-order chi connectivity index (χ0) is 20.1. The van der Waals surface area contributed by atoms with Gasteiger partial charge in [-0.25, -0.2) is 14.4 Å². The number of benzene rings is 2. The minimum absolute atomic E-state index is 0.0299. The molecule has 0 aliphatic carbocycles. The second-order valence-electron chi connectivity index (χ2n) is 6.46. The van der Waals surface area contributed by atoms with Crippen molar-refractivity contribution < 1.29 is 13.6 Å². The molecule has 0 fully saturated rings. The molecule has 4 aromatic rings. The molecule has 1 amide bonds. The topological polar surface area (TPSA) is 76.3 Å². The summed E-state index contributed by atoms with van der Waals surface area (Å²) in [7, 11) is 0. The summed E-state index contributed by atoms with van der Waals surface area (Å²) in [6, 6.07) is 11.0. The Balaban J connectivity index is 1.86. The number of fused-ring (bicyclic) bond motifs is 2. The number of hydrogen-bond donors (Lipinski definition) is 0. The van der Waals surface area contributed by atoms with Crippen LogP contribution in [0, 0.1) is 5.82 Å². The van der Waals surface area contributed by atoms with E-state index in [1.54, 1.807) is 18.2 Å². The summed E-state index contributed by atoms with van der Waals surface area (Å²) in [5.74, 6) is -1.30. The van der Waals surface area contributed by atoms with Gasteiger partial charge < -0.3 is 4.42 Å². The van der Waals surface area contributed by atoms with Gasteiger partial charge in [0.2, 0.25) is 11.7 Å². The lowest BCUT2D eigenvalue weighted by Crippen LogP contribution is -2.31. The van der Waals surface area contributed by atoms with Crippen LogP contribution in [0.25, 0.3) is 11.0 Å². The molecule has 1 atom stereocenters. The third-order valence-electron chi connectivity index (χ3n) is 4.80. The first-order valence-electron chi connectivity index (χ1n) is 8.67. The molecular formula is C21H11ClFN3O3. The summed E-state index contributed by atoms with van der Waals surface area (Å²) >= 11 is 6.04. The smallest absolute Gasteiger partial charge is 0.297 e. The molecule has 2 aromatic carbocycles. The van der Waals surface area contributed by atoms with E-state index in [4.69, 9.17) is 16.0 Å². The molecule has 0 spiro atoms. The number of amides is 1. The minimum Gasteiger partial charge on any atom is -0.450 e. The first-order valence-corrected chi connectivity index (χ1v) is 9.05. The van der Waals surface area contributed by atoms with Gasteiger partial charge in [0.15, 0.2) is 5.43 Å². The number of nitrogens with zero attached hydrogens (tertiary/aromatic N) is 3. The minimum atomic E-state index is -1.07. The van der Waals surface area contributed by atoms with Crippen molar-refractivity contribution in [1.29, 1.82) is 0 Å². The van der Waals surface area contributed by atoms with E-state index in [-0.39, 0.29) is 33.8 Å². The SMILES string of the molecule is O=C1c2oc3ccc(Cl)cc3c(=O)c2C(c2ccccc2F)N1c1ncccn1. The van der Waals surface area contributed by atoms with Crippen LogP contribution in [0.4, 0.5) is 10.3 Å². The van der Waals surface area contributed by atoms with Gasteiger partial charge in [-0.2, -0.15) is 0 Å². The van der Waals surface area contributed by atoms with Crippen molar-refractivity contribution in [3.8, 4) is 0 Å². The molecule has 0 saturated heterocycles. The normalized spacial score (nSPS) is 15.7. The molecule has 0 radical (unpaired) electrons. The van der Waals surface area contributed by atoms with Crippen LogP contribution in [0.1, 0.15) is 27.7 Å². The Morgan fingerprint density at radius 1 is 1.03 bits per heavy atom. The van der Waals surface area contributed by atoms with E-state index in [0.29, 0.717) is 5.02 Å². The Labute approximate surface area is 168 Å². The predicted octanol–water partition coefficient (Wildman–Crippen LogP) is 4.13. The highest BCUT2D eigenvalue weighted by atomic mass is 35.5. The molecule has 2 aromatic heterocycles. The molecule has 8 heteroatoms. The highest BCUT2D eigenvalue weighted by Gasteiger charge is 2.45. The van der Waals surface area contributed by atoms with Crippen LogP contribution in [-0.4, -0.2) is 15.9 Å². The number of halogens is 2. The lowest BCUT2D eigenvalue weighted by Gasteiger charge is -2.23. The fourth-order valence-corrected chi connectivity index (χ4v) is 3.73. The van der Waals surface area contributed by atoms with Crippen LogP contribution >= 0.6 is 11.6 Å². The summed E-state index contributed by atoms with van der Waals surface area (Å²) in [4.78, 5) is 36.0. The van der Waals surface area contributed by atoms with E-state index in [1.165, 1.54) is 47.6 Å². The summed E-state index contributed by atoms with van der Waals surface area (Å²) in [6.45, 7) is 0.